The number of hydrogen-bond donors (Lipinski definition) is 2. The topological polar surface area (TPSA) is 49.7 Å². The van der Waals surface area contributed by atoms with E-state index in [1.54, 1.807) is 6.07 Å². The third-order valence-electron chi connectivity index (χ3n) is 3.38. The smallest absolute Gasteiger partial charge is 0.391 e. The van der Waals surface area contributed by atoms with E-state index in [1.807, 2.05) is 18.2 Å². The van der Waals surface area contributed by atoms with Crippen molar-refractivity contribution in [3.8, 4) is 5.75 Å². The zero-order valence-electron chi connectivity index (χ0n) is 12.6. The fourth-order valence-corrected chi connectivity index (χ4v) is 2.64. The van der Waals surface area contributed by atoms with Crippen molar-refractivity contribution in [2.24, 2.45) is 5.92 Å². The Kier molecular flexibility index (Phi) is 8.84. The fraction of sp³-hybridized carbons (Fsp3) is 0.625. The quantitative estimate of drug-likeness (QED) is 0.481. The van der Waals surface area contributed by atoms with Crippen LogP contribution in [-0.2, 0) is 6.42 Å². The second kappa shape index (κ2) is 10.1. The molecule has 2 N–H and O–H groups in total. The predicted molar refractivity (Wildman–Crippen MR) is 84.7 cm³/mol. The summed E-state index contributed by atoms with van der Waals surface area (Å²) in [5.41, 5.74) is 1.06. The van der Waals surface area contributed by atoms with Crippen LogP contribution in [0.1, 0.15) is 57.9 Å². The molecule has 0 aliphatic rings. The monoisotopic (exact) mass is 298 g/mol. The zero-order valence-corrected chi connectivity index (χ0v) is 13.5. The van der Waals surface area contributed by atoms with Crippen molar-refractivity contribution in [1.82, 2.24) is 0 Å². The van der Waals surface area contributed by atoms with Gasteiger partial charge >= 0.3 is 8.60 Å². The van der Waals surface area contributed by atoms with Crippen molar-refractivity contribution in [1.29, 1.82) is 0 Å². The lowest BCUT2D eigenvalue weighted by atomic mass is 10.0. The number of aryl methyl sites for hydroxylation is 1. The molecular weight excluding hydrogens is 271 g/mol. The summed E-state index contributed by atoms with van der Waals surface area (Å²) in [7, 11) is -2.33. The molecule has 0 amide bonds. The number of rotatable bonds is 10. The van der Waals surface area contributed by atoms with Crippen LogP contribution in [-0.4, -0.2) is 9.79 Å². The molecule has 1 aromatic carbocycles. The number of unbranched alkanes of at least 4 members (excludes halogenated alkanes) is 4. The Morgan fingerprint density at radius 1 is 1.00 bits per heavy atom. The average molecular weight is 298 g/mol. The summed E-state index contributed by atoms with van der Waals surface area (Å²) < 4.78 is 5.04. The van der Waals surface area contributed by atoms with Crippen molar-refractivity contribution in [3.63, 3.8) is 0 Å². The Labute approximate surface area is 124 Å². The van der Waals surface area contributed by atoms with Gasteiger partial charge in [0.05, 0.1) is 0 Å². The molecule has 3 nitrogen and oxygen atoms in total. The van der Waals surface area contributed by atoms with Gasteiger partial charge in [-0.05, 0) is 30.4 Å². The lowest BCUT2D eigenvalue weighted by molar-refractivity contribution is 0.373. The Morgan fingerprint density at radius 3 is 2.35 bits per heavy atom. The molecular formula is C16H27O3P. The Balaban J connectivity index is 2.21. The normalized spacial score (nSPS) is 11.3. The molecule has 0 saturated carbocycles. The summed E-state index contributed by atoms with van der Waals surface area (Å²) >= 11 is 0. The molecule has 20 heavy (non-hydrogen) atoms. The number of hydrogen-bond acceptors (Lipinski definition) is 3. The van der Waals surface area contributed by atoms with Crippen LogP contribution in [0.25, 0.3) is 0 Å². The molecule has 0 unspecified atom stereocenters. The van der Waals surface area contributed by atoms with Crippen molar-refractivity contribution in [2.45, 2.75) is 58.8 Å². The highest BCUT2D eigenvalue weighted by molar-refractivity contribution is 7.39. The van der Waals surface area contributed by atoms with E-state index in [0.29, 0.717) is 5.75 Å². The van der Waals surface area contributed by atoms with E-state index in [0.717, 1.165) is 24.3 Å². The Morgan fingerprint density at radius 2 is 1.65 bits per heavy atom. The summed E-state index contributed by atoms with van der Waals surface area (Å²) in [5.74, 6) is 1.41. The second-order valence-corrected chi connectivity index (χ2v) is 6.34. The Bertz CT molecular complexity index is 366. The van der Waals surface area contributed by atoms with Gasteiger partial charge < -0.3 is 14.3 Å². The van der Waals surface area contributed by atoms with Crippen LogP contribution in [0.4, 0.5) is 0 Å². The minimum absolute atomic E-state index is 0.600. The number of para-hydroxylation sites is 1. The van der Waals surface area contributed by atoms with Crippen LogP contribution >= 0.6 is 8.60 Å². The third kappa shape index (κ3) is 7.84. The SMILES string of the molecule is CC(C)CCCCCCCc1ccccc1OP(O)O. The van der Waals surface area contributed by atoms with Gasteiger partial charge in [-0.15, -0.1) is 0 Å². The molecule has 0 aliphatic heterocycles. The van der Waals surface area contributed by atoms with E-state index in [9.17, 15) is 0 Å². The first kappa shape index (κ1) is 17.4. The van der Waals surface area contributed by atoms with Crippen molar-refractivity contribution >= 4 is 8.60 Å². The second-order valence-electron chi connectivity index (χ2n) is 5.65. The first-order valence-corrected chi connectivity index (χ1v) is 8.70. The van der Waals surface area contributed by atoms with E-state index >= 15 is 0 Å². The fourth-order valence-electron chi connectivity index (χ4n) is 2.29. The van der Waals surface area contributed by atoms with Gasteiger partial charge in [0.1, 0.15) is 5.75 Å². The Hall–Kier alpha value is -0.630. The van der Waals surface area contributed by atoms with Gasteiger partial charge in [0.2, 0.25) is 0 Å². The molecule has 0 fully saturated rings. The van der Waals surface area contributed by atoms with E-state index in [4.69, 9.17) is 14.3 Å². The number of benzene rings is 1. The molecule has 4 heteroatoms. The van der Waals surface area contributed by atoms with Crippen LogP contribution in [0.2, 0.25) is 0 Å². The molecule has 0 saturated heterocycles. The minimum atomic E-state index is -2.33. The maximum Gasteiger partial charge on any atom is 0.391 e. The van der Waals surface area contributed by atoms with Gasteiger partial charge in [-0.2, -0.15) is 0 Å². The molecule has 0 aliphatic carbocycles. The summed E-state index contributed by atoms with van der Waals surface area (Å²) in [6, 6.07) is 7.60. The lowest BCUT2D eigenvalue weighted by Crippen LogP contribution is -1.93. The lowest BCUT2D eigenvalue weighted by Gasteiger charge is -2.11. The van der Waals surface area contributed by atoms with Gasteiger partial charge in [-0.25, -0.2) is 0 Å². The summed E-state index contributed by atoms with van der Waals surface area (Å²) in [5, 5.41) is 0. The van der Waals surface area contributed by atoms with Gasteiger partial charge in [-0.3, -0.25) is 0 Å². The maximum atomic E-state index is 8.94. The highest BCUT2D eigenvalue weighted by Gasteiger charge is 2.07. The van der Waals surface area contributed by atoms with Crippen molar-refractivity contribution in [3.05, 3.63) is 29.8 Å². The van der Waals surface area contributed by atoms with Gasteiger partial charge in [0.15, 0.2) is 0 Å². The molecule has 0 heterocycles. The highest BCUT2D eigenvalue weighted by atomic mass is 31.2. The predicted octanol–water partition coefficient (Wildman–Crippen LogP) is 4.82. The first-order chi connectivity index (χ1) is 9.59. The van der Waals surface area contributed by atoms with Crippen molar-refractivity contribution < 1.29 is 14.3 Å². The summed E-state index contributed by atoms with van der Waals surface area (Å²) in [4.78, 5) is 17.9. The van der Waals surface area contributed by atoms with Gasteiger partial charge in [-0.1, -0.05) is 64.2 Å². The minimum Gasteiger partial charge on any atom is -0.427 e. The van der Waals surface area contributed by atoms with Crippen molar-refractivity contribution in [2.75, 3.05) is 0 Å². The van der Waals surface area contributed by atoms with E-state index < -0.39 is 8.60 Å². The molecule has 114 valence electrons. The largest absolute Gasteiger partial charge is 0.427 e. The first-order valence-electron chi connectivity index (χ1n) is 7.53. The van der Waals surface area contributed by atoms with E-state index in [2.05, 4.69) is 13.8 Å². The third-order valence-corrected chi connectivity index (χ3v) is 3.74. The average Bonchev–Trinajstić information content (AvgIpc) is 2.38. The summed E-state index contributed by atoms with van der Waals surface area (Å²) in [6.45, 7) is 4.54. The van der Waals surface area contributed by atoms with E-state index in [1.165, 1.54) is 32.1 Å². The maximum absolute atomic E-state index is 8.94. The van der Waals surface area contributed by atoms with Crippen LogP contribution < -0.4 is 4.52 Å². The zero-order chi connectivity index (χ0) is 14.8. The van der Waals surface area contributed by atoms with E-state index in [-0.39, 0.29) is 0 Å². The van der Waals surface area contributed by atoms with Crippen LogP contribution in [0.3, 0.4) is 0 Å². The highest BCUT2D eigenvalue weighted by Crippen LogP contribution is 2.32. The molecule has 0 atom stereocenters. The van der Waals surface area contributed by atoms with Gasteiger partial charge in [0, 0.05) is 0 Å². The molecule has 1 aromatic rings. The summed E-state index contributed by atoms with van der Waals surface area (Å²) in [6.07, 6.45) is 8.53. The molecule has 0 radical (unpaired) electrons. The molecule has 0 bridgehead atoms. The molecule has 0 aromatic heterocycles. The van der Waals surface area contributed by atoms with Crippen LogP contribution in [0, 0.1) is 5.92 Å². The standard InChI is InChI=1S/C16H27O3P/c1-14(2)10-6-4-3-5-7-11-15-12-8-9-13-16(15)19-20(17)18/h8-9,12-14,17-18H,3-7,10-11H2,1-2H3. The van der Waals surface area contributed by atoms with Crippen LogP contribution in [0.15, 0.2) is 24.3 Å². The van der Waals surface area contributed by atoms with Gasteiger partial charge in [0.25, 0.3) is 0 Å². The van der Waals surface area contributed by atoms with Crippen LogP contribution in [0.5, 0.6) is 5.75 Å². The molecule has 1 rings (SSSR count). The molecule has 0 spiro atoms.